The first-order valence-electron chi connectivity index (χ1n) is 2.73. The van der Waals surface area contributed by atoms with Crippen molar-refractivity contribution in [3.63, 3.8) is 0 Å². The second-order valence-electron chi connectivity index (χ2n) is 1.79. The van der Waals surface area contributed by atoms with Crippen LogP contribution in [-0.2, 0) is 4.79 Å². The van der Waals surface area contributed by atoms with Gasteiger partial charge in [0.2, 0.25) is 5.95 Å². The molecule has 0 spiro atoms. The quantitative estimate of drug-likeness (QED) is 0.709. The number of hydrogen-bond donors (Lipinski definition) is 2. The Labute approximate surface area is 82.4 Å². The maximum Gasteiger partial charge on any atom is 0.278 e. The lowest BCUT2D eigenvalue weighted by atomic mass is 10.7. The molecule has 12 heavy (non-hydrogen) atoms. The molecule has 66 valence electrons. The molecule has 8 heteroatoms. The molecule has 0 aliphatic carbocycles. The number of anilines is 1. The Bertz CT molecular complexity index is 266. The highest BCUT2D eigenvalue weighted by molar-refractivity contribution is 6.76. The van der Waals surface area contributed by atoms with Gasteiger partial charge in [-0.1, -0.05) is 34.8 Å². The van der Waals surface area contributed by atoms with Gasteiger partial charge in [-0.25, -0.2) is 5.10 Å². The van der Waals surface area contributed by atoms with Crippen molar-refractivity contribution in [3.8, 4) is 0 Å². The number of aromatic amines is 1. The van der Waals surface area contributed by atoms with Gasteiger partial charge in [0.15, 0.2) is 0 Å². The van der Waals surface area contributed by atoms with Crippen LogP contribution in [0.1, 0.15) is 0 Å². The fraction of sp³-hybridized carbons (Fsp3) is 0.250. The van der Waals surface area contributed by atoms with Crippen LogP contribution in [0.15, 0.2) is 6.33 Å². The number of nitrogens with one attached hydrogen (secondary N) is 2. The van der Waals surface area contributed by atoms with Gasteiger partial charge >= 0.3 is 0 Å². The third-order valence-electron chi connectivity index (χ3n) is 0.904. The zero-order chi connectivity index (χ0) is 9.19. The fourth-order valence-electron chi connectivity index (χ4n) is 0.444. The van der Waals surface area contributed by atoms with Crippen LogP contribution < -0.4 is 5.32 Å². The van der Waals surface area contributed by atoms with Gasteiger partial charge < -0.3 is 0 Å². The number of rotatable bonds is 1. The van der Waals surface area contributed by atoms with Crippen molar-refractivity contribution >= 4 is 46.7 Å². The average molecular weight is 229 g/mol. The summed E-state index contributed by atoms with van der Waals surface area (Å²) in [4.78, 5) is 14.5. The second kappa shape index (κ2) is 3.47. The number of H-pyrrole nitrogens is 1. The number of nitrogens with zero attached hydrogens (tertiary/aromatic N) is 2. The van der Waals surface area contributed by atoms with Crippen LogP contribution in [0.2, 0.25) is 0 Å². The fourth-order valence-corrected chi connectivity index (χ4v) is 0.586. The molecular formula is C4H3Cl3N4O. The monoisotopic (exact) mass is 228 g/mol. The van der Waals surface area contributed by atoms with Crippen molar-refractivity contribution < 1.29 is 4.79 Å². The molecule has 1 aromatic rings. The van der Waals surface area contributed by atoms with E-state index in [0.717, 1.165) is 0 Å². The summed E-state index contributed by atoms with van der Waals surface area (Å²) < 4.78 is -1.99. The summed E-state index contributed by atoms with van der Waals surface area (Å²) >= 11 is 15.8. The average Bonchev–Trinajstić information content (AvgIpc) is 2.37. The van der Waals surface area contributed by atoms with E-state index in [1.165, 1.54) is 6.33 Å². The molecule has 0 unspecified atom stereocenters. The molecule has 0 saturated carbocycles. The minimum atomic E-state index is -1.99. The van der Waals surface area contributed by atoms with Crippen molar-refractivity contribution in [2.24, 2.45) is 0 Å². The number of amides is 1. The lowest BCUT2D eigenvalue weighted by molar-refractivity contribution is -0.115. The molecule has 0 aliphatic heterocycles. The topological polar surface area (TPSA) is 70.7 Å². The maximum absolute atomic E-state index is 10.9. The van der Waals surface area contributed by atoms with Gasteiger partial charge in [-0.3, -0.25) is 10.1 Å². The molecule has 0 radical (unpaired) electrons. The number of carbonyl (C=O) groups is 1. The normalized spacial score (nSPS) is 11.2. The van der Waals surface area contributed by atoms with Crippen LogP contribution >= 0.6 is 34.8 Å². The highest BCUT2D eigenvalue weighted by Crippen LogP contribution is 2.26. The summed E-state index contributed by atoms with van der Waals surface area (Å²) in [6, 6.07) is 0. The molecular weight excluding hydrogens is 226 g/mol. The highest BCUT2D eigenvalue weighted by atomic mass is 35.6. The van der Waals surface area contributed by atoms with Crippen molar-refractivity contribution in [2.75, 3.05) is 5.32 Å². The van der Waals surface area contributed by atoms with Crippen LogP contribution in [-0.4, -0.2) is 24.9 Å². The van der Waals surface area contributed by atoms with E-state index in [2.05, 4.69) is 20.5 Å². The van der Waals surface area contributed by atoms with Crippen molar-refractivity contribution in [3.05, 3.63) is 6.33 Å². The Kier molecular flexibility index (Phi) is 2.76. The van der Waals surface area contributed by atoms with E-state index in [1.807, 2.05) is 0 Å². The lowest BCUT2D eigenvalue weighted by Gasteiger charge is -2.08. The van der Waals surface area contributed by atoms with Crippen LogP contribution in [0.5, 0.6) is 0 Å². The van der Waals surface area contributed by atoms with E-state index in [0.29, 0.717) is 0 Å². The molecule has 1 rings (SSSR count). The van der Waals surface area contributed by atoms with E-state index in [9.17, 15) is 4.79 Å². The number of carbonyl (C=O) groups excluding carboxylic acids is 1. The van der Waals surface area contributed by atoms with Gasteiger partial charge in [0.25, 0.3) is 9.70 Å². The van der Waals surface area contributed by atoms with E-state index in [-0.39, 0.29) is 5.95 Å². The Morgan fingerprint density at radius 2 is 2.25 bits per heavy atom. The first-order chi connectivity index (χ1) is 5.50. The molecule has 1 aromatic heterocycles. The van der Waals surface area contributed by atoms with Gasteiger partial charge in [0.1, 0.15) is 6.33 Å². The first-order valence-corrected chi connectivity index (χ1v) is 3.87. The van der Waals surface area contributed by atoms with Gasteiger partial charge in [-0.05, 0) is 0 Å². The Morgan fingerprint density at radius 1 is 1.58 bits per heavy atom. The Morgan fingerprint density at radius 3 is 2.67 bits per heavy atom. The largest absolute Gasteiger partial charge is 0.291 e. The third kappa shape index (κ3) is 2.51. The molecule has 0 fully saturated rings. The van der Waals surface area contributed by atoms with Crippen LogP contribution in [0.4, 0.5) is 5.95 Å². The maximum atomic E-state index is 10.9. The second-order valence-corrected chi connectivity index (χ2v) is 4.07. The predicted molar refractivity (Wildman–Crippen MR) is 45.3 cm³/mol. The lowest BCUT2D eigenvalue weighted by Crippen LogP contribution is -2.27. The van der Waals surface area contributed by atoms with Crippen LogP contribution in [0.25, 0.3) is 0 Å². The highest BCUT2D eigenvalue weighted by Gasteiger charge is 2.31. The number of alkyl halides is 3. The summed E-state index contributed by atoms with van der Waals surface area (Å²) in [5.74, 6) is -0.657. The first kappa shape index (κ1) is 9.57. The van der Waals surface area contributed by atoms with Crippen LogP contribution in [0, 0.1) is 0 Å². The SMILES string of the molecule is O=C(Nc1ncn[nH]1)C(Cl)(Cl)Cl. The molecule has 0 atom stereocenters. The van der Waals surface area contributed by atoms with E-state index in [1.54, 1.807) is 0 Å². The Hall–Kier alpha value is -0.520. The number of aromatic nitrogens is 3. The van der Waals surface area contributed by atoms with Crippen molar-refractivity contribution in [2.45, 2.75) is 3.79 Å². The molecule has 5 nitrogen and oxygen atoms in total. The van der Waals surface area contributed by atoms with Crippen molar-refractivity contribution in [1.82, 2.24) is 15.2 Å². The van der Waals surface area contributed by atoms with E-state index >= 15 is 0 Å². The molecule has 0 bridgehead atoms. The van der Waals surface area contributed by atoms with E-state index < -0.39 is 9.70 Å². The minimum absolute atomic E-state index is 0.131. The summed E-state index contributed by atoms with van der Waals surface area (Å²) in [5.41, 5.74) is 0. The molecule has 0 aliphatic rings. The van der Waals surface area contributed by atoms with Gasteiger partial charge in [-0.2, -0.15) is 10.1 Å². The Balaban J connectivity index is 2.60. The summed E-state index contributed by atoms with van der Waals surface area (Å²) in [6.45, 7) is 0. The third-order valence-corrected chi connectivity index (χ3v) is 1.42. The number of halogens is 3. The van der Waals surface area contributed by atoms with Gasteiger partial charge in [-0.15, -0.1) is 0 Å². The molecule has 1 amide bonds. The molecule has 1 heterocycles. The van der Waals surface area contributed by atoms with Gasteiger partial charge in [0.05, 0.1) is 0 Å². The van der Waals surface area contributed by atoms with Gasteiger partial charge in [0, 0.05) is 0 Å². The zero-order valence-electron chi connectivity index (χ0n) is 5.51. The van der Waals surface area contributed by atoms with E-state index in [4.69, 9.17) is 34.8 Å². The molecule has 2 N–H and O–H groups in total. The summed E-state index contributed by atoms with van der Waals surface area (Å²) in [5, 5.41) is 8.05. The number of hydrogen-bond acceptors (Lipinski definition) is 3. The predicted octanol–water partition coefficient (Wildman–Crippen LogP) is 1.11. The summed E-state index contributed by atoms with van der Waals surface area (Å²) in [6.07, 6.45) is 1.22. The summed E-state index contributed by atoms with van der Waals surface area (Å²) in [7, 11) is 0. The minimum Gasteiger partial charge on any atom is -0.291 e. The standard InChI is InChI=1S/C4H3Cl3N4O/c5-4(6,7)2(12)10-3-8-1-9-11-3/h1H,(H2,8,9,10,11,12). The molecule has 0 aromatic carbocycles. The zero-order valence-corrected chi connectivity index (χ0v) is 7.78. The smallest absolute Gasteiger partial charge is 0.278 e. The van der Waals surface area contributed by atoms with Crippen molar-refractivity contribution in [1.29, 1.82) is 0 Å². The molecule has 0 saturated heterocycles. The van der Waals surface area contributed by atoms with Crippen LogP contribution in [0.3, 0.4) is 0 Å².